The van der Waals surface area contributed by atoms with Gasteiger partial charge in [0.15, 0.2) is 0 Å². The molecule has 0 saturated carbocycles. The van der Waals surface area contributed by atoms with Crippen LogP contribution in [0.4, 0.5) is 0 Å². The fourth-order valence-electron chi connectivity index (χ4n) is 4.33. The van der Waals surface area contributed by atoms with Gasteiger partial charge >= 0.3 is 0 Å². The van der Waals surface area contributed by atoms with E-state index in [0.717, 1.165) is 65.0 Å². The molecular formula is C21H32N2O2. The van der Waals surface area contributed by atoms with E-state index in [0.29, 0.717) is 11.8 Å². The molecule has 1 atom stereocenters. The van der Waals surface area contributed by atoms with E-state index in [1.807, 2.05) is 6.07 Å². The smallest absolute Gasteiger partial charge is 0.226 e. The molecule has 0 aromatic heterocycles. The standard InChI is InChI=1S/C21H32N2O2/c1-25-16-15-22-13-10-19(11-14-22)20-9-5-6-12-23(21(20)24)17-18-7-3-2-4-8-18/h2-4,7-8,19-20H,5-6,9-17H2,1H3. The van der Waals surface area contributed by atoms with Crippen molar-refractivity contribution in [3.8, 4) is 0 Å². The van der Waals surface area contributed by atoms with Crippen molar-refractivity contribution in [2.75, 3.05) is 39.9 Å². The number of hydrogen-bond donors (Lipinski definition) is 0. The minimum Gasteiger partial charge on any atom is -0.383 e. The molecule has 4 heteroatoms. The molecule has 3 rings (SSSR count). The van der Waals surface area contributed by atoms with Crippen molar-refractivity contribution in [1.29, 1.82) is 0 Å². The second kappa shape index (κ2) is 9.35. The van der Waals surface area contributed by atoms with Gasteiger partial charge in [0.05, 0.1) is 6.61 Å². The van der Waals surface area contributed by atoms with E-state index >= 15 is 0 Å². The van der Waals surface area contributed by atoms with Crippen LogP contribution < -0.4 is 0 Å². The molecule has 0 aliphatic carbocycles. The van der Waals surface area contributed by atoms with E-state index < -0.39 is 0 Å². The first-order valence-corrected chi connectivity index (χ1v) is 9.82. The van der Waals surface area contributed by atoms with Crippen molar-refractivity contribution < 1.29 is 9.53 Å². The molecule has 0 spiro atoms. The zero-order chi connectivity index (χ0) is 17.5. The number of nitrogens with zero attached hydrogens (tertiary/aromatic N) is 2. The van der Waals surface area contributed by atoms with Crippen LogP contribution >= 0.6 is 0 Å². The summed E-state index contributed by atoms with van der Waals surface area (Å²) in [6.45, 7) is 5.71. The van der Waals surface area contributed by atoms with E-state index in [4.69, 9.17) is 4.74 Å². The van der Waals surface area contributed by atoms with Crippen molar-refractivity contribution in [2.24, 2.45) is 11.8 Å². The van der Waals surface area contributed by atoms with Crippen LogP contribution in [0.3, 0.4) is 0 Å². The summed E-state index contributed by atoms with van der Waals surface area (Å²) in [7, 11) is 1.76. The van der Waals surface area contributed by atoms with Crippen LogP contribution in [-0.4, -0.2) is 55.6 Å². The average molecular weight is 344 g/mol. The number of carbonyl (C=O) groups excluding carboxylic acids is 1. The van der Waals surface area contributed by atoms with Crippen LogP contribution in [0.1, 0.15) is 37.7 Å². The Morgan fingerprint density at radius 3 is 2.52 bits per heavy atom. The molecule has 1 amide bonds. The van der Waals surface area contributed by atoms with Crippen LogP contribution in [0.2, 0.25) is 0 Å². The number of benzene rings is 1. The van der Waals surface area contributed by atoms with Crippen molar-refractivity contribution in [3.05, 3.63) is 35.9 Å². The normalized spacial score (nSPS) is 23.6. The van der Waals surface area contributed by atoms with E-state index in [-0.39, 0.29) is 5.92 Å². The molecule has 2 heterocycles. The molecule has 0 radical (unpaired) electrons. The third-order valence-electron chi connectivity index (χ3n) is 5.85. The molecule has 0 N–H and O–H groups in total. The van der Waals surface area contributed by atoms with Gasteiger partial charge in [-0.15, -0.1) is 0 Å². The third-order valence-corrected chi connectivity index (χ3v) is 5.85. The molecule has 25 heavy (non-hydrogen) atoms. The second-order valence-electron chi connectivity index (χ2n) is 7.52. The average Bonchev–Trinajstić information content (AvgIpc) is 2.83. The van der Waals surface area contributed by atoms with Gasteiger partial charge < -0.3 is 14.5 Å². The summed E-state index contributed by atoms with van der Waals surface area (Å²) in [6.07, 6.45) is 5.71. The number of rotatable bonds is 6. The van der Waals surface area contributed by atoms with E-state index in [1.54, 1.807) is 7.11 Å². The summed E-state index contributed by atoms with van der Waals surface area (Å²) >= 11 is 0. The maximum absolute atomic E-state index is 13.2. The van der Waals surface area contributed by atoms with Gasteiger partial charge in [0.25, 0.3) is 0 Å². The van der Waals surface area contributed by atoms with Gasteiger partial charge in [-0.25, -0.2) is 0 Å². The van der Waals surface area contributed by atoms with E-state index in [2.05, 4.69) is 34.1 Å². The number of ether oxygens (including phenoxy) is 1. The molecule has 2 saturated heterocycles. The predicted octanol–water partition coefficient (Wildman–Crippen LogP) is 3.17. The summed E-state index contributed by atoms with van der Waals surface area (Å²) in [6, 6.07) is 10.4. The van der Waals surface area contributed by atoms with Gasteiger partial charge in [-0.2, -0.15) is 0 Å². The van der Waals surface area contributed by atoms with Crippen LogP contribution in [0.25, 0.3) is 0 Å². The molecule has 0 bridgehead atoms. The highest BCUT2D eigenvalue weighted by molar-refractivity contribution is 5.79. The lowest BCUT2D eigenvalue weighted by Gasteiger charge is -2.36. The minimum atomic E-state index is 0.232. The lowest BCUT2D eigenvalue weighted by molar-refractivity contribution is -0.138. The molecule has 4 nitrogen and oxygen atoms in total. The third kappa shape index (κ3) is 5.05. The minimum absolute atomic E-state index is 0.232. The van der Waals surface area contributed by atoms with Crippen molar-refractivity contribution in [3.63, 3.8) is 0 Å². The summed E-state index contributed by atoms with van der Waals surface area (Å²) in [4.78, 5) is 17.8. The number of piperidine rings is 1. The predicted molar refractivity (Wildman–Crippen MR) is 100 cm³/mol. The SMILES string of the molecule is COCCN1CCC(C2CCCCN(Cc3ccccc3)C2=O)CC1. The topological polar surface area (TPSA) is 32.8 Å². The van der Waals surface area contributed by atoms with Crippen LogP contribution in [0.5, 0.6) is 0 Å². The second-order valence-corrected chi connectivity index (χ2v) is 7.52. The van der Waals surface area contributed by atoms with Crippen molar-refractivity contribution >= 4 is 5.91 Å². The number of amides is 1. The van der Waals surface area contributed by atoms with Gasteiger partial charge in [-0.3, -0.25) is 4.79 Å². The molecule has 138 valence electrons. The van der Waals surface area contributed by atoms with Gasteiger partial charge in [-0.05, 0) is 50.3 Å². The van der Waals surface area contributed by atoms with Crippen LogP contribution in [-0.2, 0) is 16.1 Å². The van der Waals surface area contributed by atoms with Gasteiger partial charge in [0.1, 0.15) is 0 Å². The highest BCUT2D eigenvalue weighted by atomic mass is 16.5. The Morgan fingerprint density at radius 2 is 1.80 bits per heavy atom. The van der Waals surface area contributed by atoms with Gasteiger partial charge in [-0.1, -0.05) is 36.8 Å². The quantitative estimate of drug-likeness (QED) is 0.795. The summed E-state index contributed by atoms with van der Waals surface area (Å²) < 4.78 is 5.19. The fraction of sp³-hybridized carbons (Fsp3) is 0.667. The van der Waals surface area contributed by atoms with Gasteiger partial charge in [0, 0.05) is 32.7 Å². The lowest BCUT2D eigenvalue weighted by atomic mass is 9.81. The van der Waals surface area contributed by atoms with Crippen LogP contribution in [0, 0.1) is 11.8 Å². The summed E-state index contributed by atoms with van der Waals surface area (Å²) in [5.74, 6) is 1.19. The number of hydrogen-bond acceptors (Lipinski definition) is 3. The first kappa shape index (κ1) is 18.4. The first-order valence-electron chi connectivity index (χ1n) is 9.82. The molecule has 1 unspecified atom stereocenters. The molecule has 2 aliphatic rings. The molecule has 2 aliphatic heterocycles. The Labute approximate surface area is 152 Å². The number of carbonyl (C=O) groups is 1. The van der Waals surface area contributed by atoms with Crippen LogP contribution in [0.15, 0.2) is 30.3 Å². The van der Waals surface area contributed by atoms with E-state index in [9.17, 15) is 4.79 Å². The molecule has 1 aromatic carbocycles. The summed E-state index contributed by atoms with van der Waals surface area (Å²) in [5.41, 5.74) is 1.24. The number of methoxy groups -OCH3 is 1. The molecule has 1 aromatic rings. The largest absolute Gasteiger partial charge is 0.383 e. The lowest BCUT2D eigenvalue weighted by Crippen LogP contribution is -2.42. The highest BCUT2D eigenvalue weighted by Crippen LogP contribution is 2.32. The van der Waals surface area contributed by atoms with Crippen molar-refractivity contribution in [2.45, 2.75) is 38.6 Å². The zero-order valence-corrected chi connectivity index (χ0v) is 15.5. The first-order chi connectivity index (χ1) is 12.3. The Bertz CT molecular complexity index is 526. The Balaban J connectivity index is 1.58. The Kier molecular flexibility index (Phi) is 6.88. The number of likely N-dealkylation sites (tertiary alicyclic amines) is 2. The monoisotopic (exact) mass is 344 g/mol. The zero-order valence-electron chi connectivity index (χ0n) is 15.5. The molecular weight excluding hydrogens is 312 g/mol. The summed E-state index contributed by atoms with van der Waals surface area (Å²) in [5, 5.41) is 0. The Hall–Kier alpha value is -1.39. The fourth-order valence-corrected chi connectivity index (χ4v) is 4.33. The van der Waals surface area contributed by atoms with Crippen molar-refractivity contribution in [1.82, 2.24) is 9.80 Å². The highest BCUT2D eigenvalue weighted by Gasteiger charge is 2.34. The maximum Gasteiger partial charge on any atom is 0.226 e. The molecule has 2 fully saturated rings. The van der Waals surface area contributed by atoms with Gasteiger partial charge in [0.2, 0.25) is 5.91 Å². The Morgan fingerprint density at radius 1 is 1.04 bits per heavy atom. The van der Waals surface area contributed by atoms with E-state index in [1.165, 1.54) is 12.0 Å². The maximum atomic E-state index is 13.2.